The SMILES string of the molecule is COc1cccc(C2O[CH]c3nnc(C(C)C)n3-c3ccc(Cl)cc32)c1OC. The number of nitrogens with zero attached hydrogens (tertiary/aromatic N) is 3. The first-order valence-corrected chi connectivity index (χ1v) is 9.37. The van der Waals surface area contributed by atoms with Crippen LogP contribution in [0.4, 0.5) is 0 Å². The molecule has 0 spiro atoms. The molecule has 2 heterocycles. The van der Waals surface area contributed by atoms with E-state index in [1.165, 1.54) is 0 Å². The second-order valence-electron chi connectivity index (χ2n) is 6.83. The molecule has 0 saturated heterocycles. The monoisotopic (exact) mass is 398 g/mol. The smallest absolute Gasteiger partial charge is 0.170 e. The predicted molar refractivity (Wildman–Crippen MR) is 106 cm³/mol. The highest BCUT2D eigenvalue weighted by Gasteiger charge is 2.31. The number of benzene rings is 2. The fourth-order valence-electron chi connectivity index (χ4n) is 3.51. The summed E-state index contributed by atoms with van der Waals surface area (Å²) in [4.78, 5) is 0. The van der Waals surface area contributed by atoms with Crippen LogP contribution >= 0.6 is 11.6 Å². The van der Waals surface area contributed by atoms with Crippen LogP contribution in [0.5, 0.6) is 11.5 Å². The van der Waals surface area contributed by atoms with Gasteiger partial charge >= 0.3 is 0 Å². The molecule has 0 fully saturated rings. The van der Waals surface area contributed by atoms with Gasteiger partial charge in [0.15, 0.2) is 23.9 Å². The van der Waals surface area contributed by atoms with E-state index in [1.54, 1.807) is 20.8 Å². The number of aromatic nitrogens is 3. The lowest BCUT2D eigenvalue weighted by Crippen LogP contribution is -2.09. The molecule has 0 amide bonds. The van der Waals surface area contributed by atoms with Crippen molar-refractivity contribution in [3.05, 3.63) is 70.8 Å². The number of methoxy groups -OCH3 is 2. The van der Waals surface area contributed by atoms with Crippen LogP contribution in [0.25, 0.3) is 5.69 Å². The molecule has 1 aliphatic rings. The van der Waals surface area contributed by atoms with Gasteiger partial charge in [0, 0.05) is 22.1 Å². The summed E-state index contributed by atoms with van der Waals surface area (Å²) in [6.07, 6.45) is -0.444. The first kappa shape index (κ1) is 18.8. The van der Waals surface area contributed by atoms with Crippen LogP contribution in [0.15, 0.2) is 36.4 Å². The highest BCUT2D eigenvalue weighted by molar-refractivity contribution is 6.30. The molecule has 3 aromatic rings. The van der Waals surface area contributed by atoms with E-state index in [-0.39, 0.29) is 5.92 Å². The van der Waals surface area contributed by atoms with Crippen LogP contribution in [-0.2, 0) is 4.74 Å². The Hall–Kier alpha value is -2.57. The van der Waals surface area contributed by atoms with Gasteiger partial charge in [0.05, 0.1) is 19.9 Å². The van der Waals surface area contributed by atoms with Crippen molar-refractivity contribution in [3.8, 4) is 17.2 Å². The quantitative estimate of drug-likeness (QED) is 0.638. The van der Waals surface area contributed by atoms with Crippen molar-refractivity contribution < 1.29 is 14.2 Å². The molecular formula is C21H21ClN3O3. The molecule has 6 nitrogen and oxygen atoms in total. The normalized spacial score (nSPS) is 15.7. The summed E-state index contributed by atoms with van der Waals surface area (Å²) in [6.45, 7) is 5.80. The molecule has 1 unspecified atom stereocenters. The van der Waals surface area contributed by atoms with Crippen LogP contribution < -0.4 is 9.47 Å². The summed E-state index contributed by atoms with van der Waals surface area (Å²) in [5.41, 5.74) is 2.67. The third-order valence-corrected chi connectivity index (χ3v) is 5.00. The first-order chi connectivity index (χ1) is 13.5. The molecule has 1 aliphatic heterocycles. The Kier molecular flexibility index (Phi) is 5.00. The molecular weight excluding hydrogens is 378 g/mol. The van der Waals surface area contributed by atoms with Crippen molar-refractivity contribution in [2.75, 3.05) is 14.2 Å². The van der Waals surface area contributed by atoms with Crippen LogP contribution in [-0.4, -0.2) is 29.0 Å². The molecule has 4 rings (SSSR count). The summed E-state index contributed by atoms with van der Waals surface area (Å²) in [6, 6.07) is 11.5. The van der Waals surface area contributed by atoms with Gasteiger partial charge in [-0.1, -0.05) is 37.6 Å². The van der Waals surface area contributed by atoms with E-state index in [0.717, 1.165) is 22.6 Å². The van der Waals surface area contributed by atoms with Crippen molar-refractivity contribution in [2.45, 2.75) is 25.9 Å². The lowest BCUT2D eigenvalue weighted by atomic mass is 9.98. The fraction of sp³-hybridized carbons (Fsp3) is 0.286. The summed E-state index contributed by atoms with van der Waals surface area (Å²) < 4.78 is 19.3. The van der Waals surface area contributed by atoms with Crippen molar-refractivity contribution in [1.82, 2.24) is 14.8 Å². The summed E-state index contributed by atoms with van der Waals surface area (Å²) in [5, 5.41) is 9.27. The standard InChI is InChI=1S/C21H21ClN3O3/c1-12(2)21-24-23-18-11-28-19(14-6-5-7-17(26-3)20(14)27-4)15-10-13(22)8-9-16(15)25(18)21/h5-12,19H,1-4H3. The van der Waals surface area contributed by atoms with Crippen molar-refractivity contribution in [2.24, 2.45) is 0 Å². The Bertz CT molecular complexity index is 1020. The number of rotatable bonds is 4. The molecule has 1 aromatic heterocycles. The third kappa shape index (κ3) is 3.02. The number of ether oxygens (including phenoxy) is 3. The molecule has 28 heavy (non-hydrogen) atoms. The van der Waals surface area contributed by atoms with Gasteiger partial charge in [-0.3, -0.25) is 4.57 Å². The maximum Gasteiger partial charge on any atom is 0.170 e. The van der Waals surface area contributed by atoms with Crippen molar-refractivity contribution >= 4 is 11.6 Å². The van der Waals surface area contributed by atoms with Gasteiger partial charge in [0.1, 0.15) is 11.9 Å². The zero-order chi connectivity index (χ0) is 19.8. The average molecular weight is 399 g/mol. The molecule has 1 atom stereocenters. The van der Waals surface area contributed by atoms with Gasteiger partial charge in [-0.05, 0) is 24.3 Å². The number of hydrogen-bond donors (Lipinski definition) is 0. The molecule has 0 N–H and O–H groups in total. The average Bonchev–Trinajstić information content (AvgIpc) is 3.05. The Balaban J connectivity index is 1.95. The highest BCUT2D eigenvalue weighted by Crippen LogP contribution is 2.43. The molecule has 0 aliphatic carbocycles. The van der Waals surface area contributed by atoms with E-state index in [9.17, 15) is 0 Å². The van der Waals surface area contributed by atoms with Crippen LogP contribution in [0, 0.1) is 6.61 Å². The summed E-state index contributed by atoms with van der Waals surface area (Å²) >= 11 is 6.36. The lowest BCUT2D eigenvalue weighted by molar-refractivity contribution is 0.146. The van der Waals surface area contributed by atoms with Gasteiger partial charge in [0.2, 0.25) is 0 Å². The number of fused-ring (bicyclic) bond motifs is 3. The maximum atomic E-state index is 6.36. The van der Waals surface area contributed by atoms with Crippen LogP contribution in [0.1, 0.15) is 48.6 Å². The van der Waals surface area contributed by atoms with Gasteiger partial charge < -0.3 is 14.2 Å². The summed E-state index contributed by atoms with van der Waals surface area (Å²) in [5.74, 6) is 2.95. The Morgan fingerprint density at radius 1 is 1.07 bits per heavy atom. The Morgan fingerprint density at radius 3 is 2.61 bits per heavy atom. The highest BCUT2D eigenvalue weighted by atomic mass is 35.5. The molecule has 0 bridgehead atoms. The van der Waals surface area contributed by atoms with Gasteiger partial charge in [0.25, 0.3) is 0 Å². The van der Waals surface area contributed by atoms with E-state index in [2.05, 4.69) is 24.0 Å². The van der Waals surface area contributed by atoms with Gasteiger partial charge in [-0.15, -0.1) is 10.2 Å². The van der Waals surface area contributed by atoms with Crippen LogP contribution in [0.3, 0.4) is 0 Å². The second kappa shape index (κ2) is 7.45. The zero-order valence-electron chi connectivity index (χ0n) is 16.1. The van der Waals surface area contributed by atoms with Crippen LogP contribution in [0.2, 0.25) is 5.02 Å². The minimum absolute atomic E-state index is 0.195. The number of para-hydroxylation sites is 1. The molecule has 2 aromatic carbocycles. The van der Waals surface area contributed by atoms with E-state index < -0.39 is 6.10 Å². The Labute approximate surface area is 169 Å². The lowest BCUT2D eigenvalue weighted by Gasteiger charge is -2.22. The van der Waals surface area contributed by atoms with E-state index >= 15 is 0 Å². The topological polar surface area (TPSA) is 58.4 Å². The third-order valence-electron chi connectivity index (χ3n) is 4.77. The van der Waals surface area contributed by atoms with Crippen molar-refractivity contribution in [1.29, 1.82) is 0 Å². The Morgan fingerprint density at radius 2 is 1.89 bits per heavy atom. The molecule has 0 saturated carbocycles. The van der Waals surface area contributed by atoms with Gasteiger partial charge in [-0.2, -0.15) is 0 Å². The fourth-order valence-corrected chi connectivity index (χ4v) is 3.69. The number of hydrogen-bond acceptors (Lipinski definition) is 5. The minimum Gasteiger partial charge on any atom is -0.493 e. The first-order valence-electron chi connectivity index (χ1n) is 8.99. The van der Waals surface area contributed by atoms with E-state index in [4.69, 9.17) is 25.8 Å². The zero-order valence-corrected chi connectivity index (χ0v) is 16.9. The second-order valence-corrected chi connectivity index (χ2v) is 7.26. The van der Waals surface area contributed by atoms with E-state index in [1.807, 2.05) is 41.0 Å². The number of halogens is 1. The summed E-state index contributed by atoms with van der Waals surface area (Å²) in [7, 11) is 3.23. The predicted octanol–water partition coefficient (Wildman–Crippen LogP) is 4.69. The maximum absolute atomic E-state index is 6.36. The van der Waals surface area contributed by atoms with E-state index in [0.29, 0.717) is 22.3 Å². The molecule has 145 valence electrons. The van der Waals surface area contributed by atoms with Gasteiger partial charge in [-0.25, -0.2) is 0 Å². The van der Waals surface area contributed by atoms with Crippen molar-refractivity contribution in [3.63, 3.8) is 0 Å². The molecule has 1 radical (unpaired) electrons. The largest absolute Gasteiger partial charge is 0.493 e. The minimum atomic E-state index is -0.444. The molecule has 7 heteroatoms.